The number of nitrogens with one attached hydrogen (secondary N) is 1. The van der Waals surface area contributed by atoms with Crippen molar-refractivity contribution in [3.05, 3.63) is 29.6 Å². The fourth-order valence-corrected chi connectivity index (χ4v) is 1.34. The minimum atomic E-state index is 0.288. The van der Waals surface area contributed by atoms with Crippen molar-refractivity contribution >= 4 is 0 Å². The second-order valence-corrected chi connectivity index (χ2v) is 3.66. The first kappa shape index (κ1) is 11.7. The molecule has 3 heteroatoms. The molecule has 1 unspecified atom stereocenters. The lowest BCUT2D eigenvalue weighted by Crippen LogP contribution is -2.27. The van der Waals surface area contributed by atoms with Gasteiger partial charge in [0.05, 0.1) is 12.5 Å². The molecule has 1 aromatic rings. The highest BCUT2D eigenvalue weighted by Gasteiger charge is 2.04. The molecule has 0 saturated carbocycles. The molecule has 3 nitrogen and oxygen atoms in total. The van der Waals surface area contributed by atoms with Crippen LogP contribution in [0.1, 0.15) is 31.0 Å². The quantitative estimate of drug-likeness (QED) is 0.797. The fourth-order valence-electron chi connectivity index (χ4n) is 1.34. The van der Waals surface area contributed by atoms with Crippen molar-refractivity contribution in [1.29, 1.82) is 5.26 Å². The maximum atomic E-state index is 8.60. The molecule has 0 spiro atoms. The van der Waals surface area contributed by atoms with Gasteiger partial charge in [0.15, 0.2) is 0 Å². The zero-order valence-corrected chi connectivity index (χ0v) is 9.33. The predicted molar refractivity (Wildman–Crippen MR) is 60.1 cm³/mol. The van der Waals surface area contributed by atoms with Crippen molar-refractivity contribution in [2.45, 2.75) is 39.3 Å². The van der Waals surface area contributed by atoms with Gasteiger partial charge in [-0.25, -0.2) is 0 Å². The van der Waals surface area contributed by atoms with Gasteiger partial charge < -0.3 is 5.32 Å². The Morgan fingerprint density at radius 1 is 1.53 bits per heavy atom. The zero-order valence-electron chi connectivity index (χ0n) is 9.33. The Hall–Kier alpha value is -1.40. The first-order chi connectivity index (χ1) is 7.26. The number of hydrogen-bond donors (Lipinski definition) is 1. The summed E-state index contributed by atoms with van der Waals surface area (Å²) in [6.45, 7) is 4.84. The summed E-state index contributed by atoms with van der Waals surface area (Å²) < 4.78 is 0. The number of nitriles is 1. The Morgan fingerprint density at radius 2 is 2.33 bits per heavy atom. The molecule has 15 heavy (non-hydrogen) atoms. The summed E-state index contributed by atoms with van der Waals surface area (Å²) in [6, 6.07) is 6.54. The van der Waals surface area contributed by atoms with E-state index in [1.54, 1.807) is 0 Å². The molecule has 0 aliphatic rings. The third kappa shape index (κ3) is 4.09. The number of aryl methyl sites for hydroxylation is 1. The minimum Gasteiger partial charge on any atom is -0.309 e. The summed E-state index contributed by atoms with van der Waals surface area (Å²) >= 11 is 0. The Bertz CT molecular complexity index is 324. The zero-order chi connectivity index (χ0) is 11.1. The highest BCUT2D eigenvalue weighted by molar-refractivity contribution is 5.12. The Kier molecular flexibility index (Phi) is 4.79. The van der Waals surface area contributed by atoms with Crippen LogP contribution >= 0.6 is 0 Å². The van der Waals surface area contributed by atoms with Crippen LogP contribution in [0.15, 0.2) is 18.3 Å². The number of nitrogens with zero attached hydrogens (tertiary/aromatic N) is 2. The molecule has 0 radical (unpaired) electrons. The van der Waals surface area contributed by atoms with E-state index in [-0.39, 0.29) is 6.04 Å². The Morgan fingerprint density at radius 3 is 2.87 bits per heavy atom. The molecule has 1 heterocycles. The molecule has 1 N–H and O–H groups in total. The van der Waals surface area contributed by atoms with Gasteiger partial charge in [-0.05, 0) is 25.0 Å². The average Bonchev–Trinajstić information content (AvgIpc) is 2.26. The van der Waals surface area contributed by atoms with Crippen LogP contribution in [-0.2, 0) is 6.54 Å². The van der Waals surface area contributed by atoms with Gasteiger partial charge in [-0.1, -0.05) is 13.0 Å². The average molecular weight is 203 g/mol. The van der Waals surface area contributed by atoms with Crippen molar-refractivity contribution in [1.82, 2.24) is 10.3 Å². The molecule has 0 bridgehead atoms. The highest BCUT2D eigenvalue weighted by Crippen LogP contribution is 2.02. The first-order valence-electron chi connectivity index (χ1n) is 5.28. The van der Waals surface area contributed by atoms with Gasteiger partial charge in [-0.15, -0.1) is 0 Å². The molecular weight excluding hydrogens is 186 g/mol. The fraction of sp³-hybridized carbons (Fsp3) is 0.500. The summed E-state index contributed by atoms with van der Waals surface area (Å²) in [4.78, 5) is 4.22. The molecule has 0 aromatic carbocycles. The SMILES string of the molecule is CCC(CC#N)NCc1ccc(C)nc1. The third-order valence-electron chi connectivity index (χ3n) is 2.40. The van der Waals surface area contributed by atoms with Crippen LogP contribution < -0.4 is 5.32 Å². The minimum absolute atomic E-state index is 0.288. The molecule has 0 fully saturated rings. The number of pyridine rings is 1. The number of rotatable bonds is 5. The molecule has 80 valence electrons. The monoisotopic (exact) mass is 203 g/mol. The van der Waals surface area contributed by atoms with Crippen LogP contribution in [0.25, 0.3) is 0 Å². The molecule has 1 rings (SSSR count). The van der Waals surface area contributed by atoms with Gasteiger partial charge in [0.2, 0.25) is 0 Å². The van der Waals surface area contributed by atoms with Crippen molar-refractivity contribution in [2.75, 3.05) is 0 Å². The lowest BCUT2D eigenvalue weighted by atomic mass is 10.1. The van der Waals surface area contributed by atoms with Crippen molar-refractivity contribution in [3.63, 3.8) is 0 Å². The molecule has 0 aliphatic carbocycles. The van der Waals surface area contributed by atoms with E-state index in [2.05, 4.69) is 29.4 Å². The van der Waals surface area contributed by atoms with Gasteiger partial charge in [-0.3, -0.25) is 4.98 Å². The van der Waals surface area contributed by atoms with Crippen LogP contribution in [0.3, 0.4) is 0 Å². The van der Waals surface area contributed by atoms with Gasteiger partial charge >= 0.3 is 0 Å². The van der Waals surface area contributed by atoms with Gasteiger partial charge in [0.1, 0.15) is 0 Å². The van der Waals surface area contributed by atoms with E-state index >= 15 is 0 Å². The largest absolute Gasteiger partial charge is 0.309 e. The lowest BCUT2D eigenvalue weighted by Gasteiger charge is -2.13. The van der Waals surface area contributed by atoms with Gasteiger partial charge in [0, 0.05) is 24.5 Å². The van der Waals surface area contributed by atoms with Crippen LogP contribution in [0.5, 0.6) is 0 Å². The van der Waals surface area contributed by atoms with Crippen LogP contribution in [0, 0.1) is 18.3 Å². The van der Waals surface area contributed by atoms with E-state index in [4.69, 9.17) is 5.26 Å². The summed E-state index contributed by atoms with van der Waals surface area (Å²) in [5.41, 5.74) is 2.19. The maximum Gasteiger partial charge on any atom is 0.0638 e. The standard InChI is InChI=1S/C12H17N3/c1-3-12(6-7-13)15-9-11-5-4-10(2)14-8-11/h4-5,8,12,15H,3,6,9H2,1-2H3. The van der Waals surface area contributed by atoms with Crippen molar-refractivity contribution in [3.8, 4) is 6.07 Å². The number of aromatic nitrogens is 1. The van der Waals surface area contributed by atoms with Gasteiger partial charge in [0.25, 0.3) is 0 Å². The first-order valence-corrected chi connectivity index (χ1v) is 5.28. The van der Waals surface area contributed by atoms with Crippen LogP contribution in [0.4, 0.5) is 0 Å². The molecule has 0 saturated heterocycles. The summed E-state index contributed by atoms with van der Waals surface area (Å²) in [7, 11) is 0. The summed E-state index contributed by atoms with van der Waals surface area (Å²) in [5.74, 6) is 0. The predicted octanol–water partition coefficient (Wildman–Crippen LogP) is 2.17. The Balaban J connectivity index is 2.42. The topological polar surface area (TPSA) is 48.7 Å². The molecular formula is C12H17N3. The second kappa shape index (κ2) is 6.15. The van der Waals surface area contributed by atoms with Crippen LogP contribution in [0.2, 0.25) is 0 Å². The van der Waals surface area contributed by atoms with E-state index in [9.17, 15) is 0 Å². The Labute approximate surface area is 91.1 Å². The number of hydrogen-bond acceptors (Lipinski definition) is 3. The molecule has 1 atom stereocenters. The second-order valence-electron chi connectivity index (χ2n) is 3.66. The lowest BCUT2D eigenvalue weighted by molar-refractivity contribution is 0.504. The van der Waals surface area contributed by atoms with Crippen molar-refractivity contribution < 1.29 is 0 Å². The van der Waals surface area contributed by atoms with E-state index in [0.717, 1.165) is 24.2 Å². The third-order valence-corrected chi connectivity index (χ3v) is 2.40. The smallest absolute Gasteiger partial charge is 0.0638 e. The molecule has 0 aliphatic heterocycles. The highest BCUT2D eigenvalue weighted by atomic mass is 14.9. The van der Waals surface area contributed by atoms with Gasteiger partial charge in [-0.2, -0.15) is 5.26 Å². The van der Waals surface area contributed by atoms with E-state index in [0.29, 0.717) is 6.42 Å². The maximum absolute atomic E-state index is 8.60. The van der Waals surface area contributed by atoms with Crippen molar-refractivity contribution in [2.24, 2.45) is 0 Å². The van der Waals surface area contributed by atoms with E-state index in [1.807, 2.05) is 19.2 Å². The van der Waals surface area contributed by atoms with Crippen LogP contribution in [-0.4, -0.2) is 11.0 Å². The molecule has 0 amide bonds. The molecule has 1 aromatic heterocycles. The normalized spacial score (nSPS) is 12.1. The summed E-state index contributed by atoms with van der Waals surface area (Å²) in [6.07, 6.45) is 3.42. The van der Waals surface area contributed by atoms with E-state index < -0.39 is 0 Å². The summed E-state index contributed by atoms with van der Waals surface area (Å²) in [5, 5.41) is 11.9. The van der Waals surface area contributed by atoms with E-state index in [1.165, 1.54) is 0 Å².